The Bertz CT molecular complexity index is 314. The van der Waals surface area contributed by atoms with E-state index in [0.29, 0.717) is 5.56 Å². The van der Waals surface area contributed by atoms with Crippen LogP contribution >= 0.6 is 11.6 Å². The summed E-state index contributed by atoms with van der Waals surface area (Å²) in [5.74, 6) is 0.00390. The van der Waals surface area contributed by atoms with Crippen molar-refractivity contribution < 1.29 is 4.39 Å². The molecule has 0 aliphatic rings. The molecule has 0 radical (unpaired) electrons. The van der Waals surface area contributed by atoms with Gasteiger partial charge in [-0.05, 0) is 18.6 Å². The van der Waals surface area contributed by atoms with Crippen molar-refractivity contribution in [2.24, 2.45) is 0 Å². The molecule has 84 valence electrons. The van der Waals surface area contributed by atoms with E-state index in [1.807, 2.05) is 13.1 Å². The summed E-state index contributed by atoms with van der Waals surface area (Å²) in [5, 5.41) is 0. The zero-order chi connectivity index (χ0) is 11.3. The van der Waals surface area contributed by atoms with Gasteiger partial charge in [0.25, 0.3) is 0 Å². The van der Waals surface area contributed by atoms with Gasteiger partial charge in [0.05, 0.1) is 5.88 Å². The third-order valence-electron chi connectivity index (χ3n) is 2.49. The SMILES string of the molecule is CCCCN(C)c1cccc(F)c1CCl. The van der Waals surface area contributed by atoms with Gasteiger partial charge in [0.15, 0.2) is 0 Å². The molecule has 1 aromatic carbocycles. The zero-order valence-electron chi connectivity index (χ0n) is 9.26. The average Bonchev–Trinajstić information content (AvgIpc) is 2.25. The van der Waals surface area contributed by atoms with Crippen LogP contribution in [0.1, 0.15) is 25.3 Å². The summed E-state index contributed by atoms with van der Waals surface area (Å²) in [7, 11) is 1.97. The maximum absolute atomic E-state index is 13.4. The Labute approximate surface area is 95.8 Å². The van der Waals surface area contributed by atoms with Crippen molar-refractivity contribution in [1.82, 2.24) is 0 Å². The molecule has 0 saturated carbocycles. The van der Waals surface area contributed by atoms with Gasteiger partial charge in [-0.25, -0.2) is 4.39 Å². The van der Waals surface area contributed by atoms with Crippen LogP contribution < -0.4 is 4.90 Å². The highest BCUT2D eigenvalue weighted by Gasteiger charge is 2.10. The van der Waals surface area contributed by atoms with Crippen LogP contribution in [0.2, 0.25) is 0 Å². The molecule has 0 aromatic heterocycles. The lowest BCUT2D eigenvalue weighted by atomic mass is 10.1. The molecule has 0 amide bonds. The number of hydrogen-bond donors (Lipinski definition) is 0. The van der Waals surface area contributed by atoms with Gasteiger partial charge in [0.1, 0.15) is 5.82 Å². The Hall–Kier alpha value is -0.760. The Balaban J connectivity index is 2.87. The highest BCUT2D eigenvalue weighted by molar-refractivity contribution is 6.17. The van der Waals surface area contributed by atoms with Crippen LogP contribution in [0.25, 0.3) is 0 Å². The molecular formula is C12H17ClFN. The monoisotopic (exact) mass is 229 g/mol. The van der Waals surface area contributed by atoms with Crippen molar-refractivity contribution >= 4 is 17.3 Å². The highest BCUT2D eigenvalue weighted by Crippen LogP contribution is 2.24. The van der Waals surface area contributed by atoms with Crippen molar-refractivity contribution in [3.8, 4) is 0 Å². The van der Waals surface area contributed by atoms with E-state index in [0.717, 1.165) is 25.1 Å². The van der Waals surface area contributed by atoms with Crippen molar-refractivity contribution in [3.05, 3.63) is 29.6 Å². The predicted octanol–water partition coefficient (Wildman–Crippen LogP) is 3.80. The van der Waals surface area contributed by atoms with Crippen molar-refractivity contribution in [1.29, 1.82) is 0 Å². The van der Waals surface area contributed by atoms with Crippen molar-refractivity contribution in [2.75, 3.05) is 18.5 Å². The van der Waals surface area contributed by atoms with Gasteiger partial charge in [-0.2, -0.15) is 0 Å². The van der Waals surface area contributed by atoms with Crippen LogP contribution in [0, 0.1) is 5.82 Å². The zero-order valence-corrected chi connectivity index (χ0v) is 10.0. The lowest BCUT2D eigenvalue weighted by Crippen LogP contribution is -2.20. The fourth-order valence-electron chi connectivity index (χ4n) is 1.55. The molecule has 0 heterocycles. The minimum absolute atomic E-state index is 0.217. The van der Waals surface area contributed by atoms with Crippen LogP contribution in [0.4, 0.5) is 10.1 Å². The first-order valence-electron chi connectivity index (χ1n) is 5.25. The van der Waals surface area contributed by atoms with Gasteiger partial charge in [0, 0.05) is 24.8 Å². The fourth-order valence-corrected chi connectivity index (χ4v) is 1.82. The third kappa shape index (κ3) is 3.10. The van der Waals surface area contributed by atoms with Crippen molar-refractivity contribution in [2.45, 2.75) is 25.6 Å². The minimum atomic E-state index is -0.217. The first kappa shape index (κ1) is 12.3. The number of rotatable bonds is 5. The van der Waals surface area contributed by atoms with Gasteiger partial charge in [-0.1, -0.05) is 19.4 Å². The van der Waals surface area contributed by atoms with Gasteiger partial charge in [-0.3, -0.25) is 0 Å². The number of hydrogen-bond acceptors (Lipinski definition) is 1. The molecule has 15 heavy (non-hydrogen) atoms. The number of unbranched alkanes of at least 4 members (excludes halogenated alkanes) is 1. The fraction of sp³-hybridized carbons (Fsp3) is 0.500. The topological polar surface area (TPSA) is 3.24 Å². The van der Waals surface area contributed by atoms with Gasteiger partial charge in [-0.15, -0.1) is 11.6 Å². The van der Waals surface area contributed by atoms with E-state index in [-0.39, 0.29) is 11.7 Å². The molecule has 0 aliphatic heterocycles. The maximum atomic E-state index is 13.4. The first-order valence-corrected chi connectivity index (χ1v) is 5.78. The maximum Gasteiger partial charge on any atom is 0.129 e. The van der Waals surface area contributed by atoms with Gasteiger partial charge < -0.3 is 4.90 Å². The summed E-state index contributed by atoms with van der Waals surface area (Å²) in [6.45, 7) is 3.08. The molecule has 1 aromatic rings. The summed E-state index contributed by atoms with van der Waals surface area (Å²) in [6.07, 6.45) is 2.24. The third-order valence-corrected chi connectivity index (χ3v) is 2.75. The lowest BCUT2D eigenvalue weighted by molar-refractivity contribution is 0.615. The quantitative estimate of drug-likeness (QED) is 0.695. The Kier molecular flexibility index (Phi) is 4.89. The van der Waals surface area contributed by atoms with Crippen LogP contribution in [0.5, 0.6) is 0 Å². The number of halogens is 2. The molecular weight excluding hydrogens is 213 g/mol. The van der Waals surface area contributed by atoms with E-state index in [1.165, 1.54) is 6.07 Å². The number of anilines is 1. The number of nitrogens with zero attached hydrogens (tertiary/aromatic N) is 1. The molecule has 0 aliphatic carbocycles. The predicted molar refractivity (Wildman–Crippen MR) is 64.1 cm³/mol. The molecule has 0 fully saturated rings. The Morgan fingerprint density at radius 2 is 2.13 bits per heavy atom. The molecule has 0 N–H and O–H groups in total. The smallest absolute Gasteiger partial charge is 0.129 e. The van der Waals surface area contributed by atoms with Gasteiger partial charge >= 0.3 is 0 Å². The average molecular weight is 230 g/mol. The second kappa shape index (κ2) is 5.96. The number of benzene rings is 1. The Morgan fingerprint density at radius 1 is 1.40 bits per heavy atom. The van der Waals surface area contributed by atoms with Crippen LogP contribution in [0.3, 0.4) is 0 Å². The largest absolute Gasteiger partial charge is 0.374 e. The van der Waals surface area contributed by atoms with E-state index >= 15 is 0 Å². The van der Waals surface area contributed by atoms with E-state index in [2.05, 4.69) is 11.8 Å². The minimum Gasteiger partial charge on any atom is -0.374 e. The number of alkyl halides is 1. The summed E-state index contributed by atoms with van der Waals surface area (Å²) < 4.78 is 13.4. The van der Waals surface area contributed by atoms with E-state index < -0.39 is 0 Å². The molecule has 1 rings (SSSR count). The van der Waals surface area contributed by atoms with Crippen LogP contribution in [-0.2, 0) is 5.88 Å². The second-order valence-electron chi connectivity index (χ2n) is 3.65. The molecule has 1 nitrogen and oxygen atoms in total. The van der Waals surface area contributed by atoms with Crippen LogP contribution in [0.15, 0.2) is 18.2 Å². The first-order chi connectivity index (χ1) is 7.20. The van der Waals surface area contributed by atoms with E-state index in [1.54, 1.807) is 6.07 Å². The standard InChI is InChI=1S/C12H17ClFN/c1-3-4-8-15(2)12-7-5-6-11(14)10(12)9-13/h5-7H,3-4,8-9H2,1-2H3. The molecule has 0 unspecified atom stereocenters. The van der Waals surface area contributed by atoms with E-state index in [4.69, 9.17) is 11.6 Å². The highest BCUT2D eigenvalue weighted by atomic mass is 35.5. The second-order valence-corrected chi connectivity index (χ2v) is 3.91. The van der Waals surface area contributed by atoms with Crippen LogP contribution in [-0.4, -0.2) is 13.6 Å². The normalized spacial score (nSPS) is 10.4. The Morgan fingerprint density at radius 3 is 2.73 bits per heavy atom. The van der Waals surface area contributed by atoms with Crippen molar-refractivity contribution in [3.63, 3.8) is 0 Å². The molecule has 0 spiro atoms. The molecule has 0 saturated heterocycles. The lowest BCUT2D eigenvalue weighted by Gasteiger charge is -2.21. The summed E-state index contributed by atoms with van der Waals surface area (Å²) in [5.41, 5.74) is 1.50. The molecule has 0 atom stereocenters. The molecule has 0 bridgehead atoms. The van der Waals surface area contributed by atoms with E-state index in [9.17, 15) is 4.39 Å². The molecule has 3 heteroatoms. The summed E-state index contributed by atoms with van der Waals surface area (Å²) >= 11 is 5.75. The summed E-state index contributed by atoms with van der Waals surface area (Å²) in [4.78, 5) is 2.06. The van der Waals surface area contributed by atoms with Gasteiger partial charge in [0.2, 0.25) is 0 Å². The summed E-state index contributed by atoms with van der Waals surface area (Å²) in [6, 6.07) is 5.09.